The van der Waals surface area contributed by atoms with Gasteiger partial charge in [-0.05, 0) is 44.2 Å². The number of aromatic nitrogens is 1. The molecule has 0 bridgehead atoms. The van der Waals surface area contributed by atoms with E-state index in [2.05, 4.69) is 11.1 Å². The second-order valence-corrected chi connectivity index (χ2v) is 3.86. The maximum absolute atomic E-state index is 9.33. The predicted molar refractivity (Wildman–Crippen MR) is 51.6 cm³/mol. The van der Waals surface area contributed by atoms with Crippen LogP contribution in [0.5, 0.6) is 0 Å². The molecule has 1 unspecified atom stereocenters. The SMILES string of the molecule is Cc1nc(C(C)O)ccc1C1CC1. The molecule has 2 rings (SSSR count). The molecular weight excluding hydrogens is 162 g/mol. The number of aliphatic hydroxyl groups is 1. The van der Waals surface area contributed by atoms with Crippen LogP contribution in [0.1, 0.15) is 48.7 Å². The molecule has 0 aliphatic heterocycles. The van der Waals surface area contributed by atoms with Gasteiger partial charge in [-0.15, -0.1) is 0 Å². The van der Waals surface area contributed by atoms with Gasteiger partial charge < -0.3 is 5.11 Å². The van der Waals surface area contributed by atoms with Gasteiger partial charge in [-0.2, -0.15) is 0 Å². The Labute approximate surface area is 78.6 Å². The van der Waals surface area contributed by atoms with Crippen molar-refractivity contribution in [3.63, 3.8) is 0 Å². The number of aryl methyl sites for hydroxylation is 1. The molecule has 2 nitrogen and oxygen atoms in total. The minimum atomic E-state index is -0.452. The highest BCUT2D eigenvalue weighted by atomic mass is 16.3. The molecule has 1 atom stereocenters. The van der Waals surface area contributed by atoms with Crippen molar-refractivity contribution in [2.45, 2.75) is 38.7 Å². The normalized spacial score (nSPS) is 18.7. The average Bonchev–Trinajstić information content (AvgIpc) is 2.87. The second-order valence-electron chi connectivity index (χ2n) is 3.86. The molecule has 1 N–H and O–H groups in total. The molecule has 2 heteroatoms. The van der Waals surface area contributed by atoms with Crippen molar-refractivity contribution in [2.75, 3.05) is 0 Å². The third-order valence-electron chi connectivity index (χ3n) is 2.59. The Morgan fingerprint density at radius 2 is 2.15 bits per heavy atom. The van der Waals surface area contributed by atoms with Gasteiger partial charge in [0.1, 0.15) is 0 Å². The van der Waals surface area contributed by atoms with Crippen LogP contribution in [-0.2, 0) is 0 Å². The van der Waals surface area contributed by atoms with Crippen molar-refractivity contribution < 1.29 is 5.11 Å². The second kappa shape index (κ2) is 3.11. The van der Waals surface area contributed by atoms with Gasteiger partial charge in [0.05, 0.1) is 11.8 Å². The quantitative estimate of drug-likeness (QED) is 0.752. The van der Waals surface area contributed by atoms with E-state index in [4.69, 9.17) is 0 Å². The molecule has 1 fully saturated rings. The molecular formula is C11H15NO. The molecule has 1 aromatic rings. The number of nitrogens with zero attached hydrogens (tertiary/aromatic N) is 1. The fourth-order valence-corrected chi connectivity index (χ4v) is 1.65. The summed E-state index contributed by atoms with van der Waals surface area (Å²) in [6, 6.07) is 4.05. The van der Waals surface area contributed by atoms with Crippen molar-refractivity contribution >= 4 is 0 Å². The molecule has 13 heavy (non-hydrogen) atoms. The number of hydrogen-bond donors (Lipinski definition) is 1. The molecule has 70 valence electrons. The van der Waals surface area contributed by atoms with Crippen molar-refractivity contribution in [1.29, 1.82) is 0 Å². The van der Waals surface area contributed by atoms with Crippen LogP contribution in [0.4, 0.5) is 0 Å². The molecule has 0 amide bonds. The van der Waals surface area contributed by atoms with Crippen LogP contribution in [0.25, 0.3) is 0 Å². The first-order valence-electron chi connectivity index (χ1n) is 4.84. The topological polar surface area (TPSA) is 33.1 Å². The highest BCUT2D eigenvalue weighted by Crippen LogP contribution is 2.41. The first-order valence-corrected chi connectivity index (χ1v) is 4.84. The summed E-state index contributed by atoms with van der Waals surface area (Å²) in [5.41, 5.74) is 3.23. The van der Waals surface area contributed by atoms with E-state index in [0.717, 1.165) is 17.3 Å². The lowest BCUT2D eigenvalue weighted by molar-refractivity contribution is 0.194. The Bertz CT molecular complexity index is 316. The number of pyridine rings is 1. The summed E-state index contributed by atoms with van der Waals surface area (Å²) >= 11 is 0. The van der Waals surface area contributed by atoms with Gasteiger partial charge >= 0.3 is 0 Å². The third-order valence-corrected chi connectivity index (χ3v) is 2.59. The summed E-state index contributed by atoms with van der Waals surface area (Å²) in [5, 5.41) is 9.33. The monoisotopic (exact) mass is 177 g/mol. The summed E-state index contributed by atoms with van der Waals surface area (Å²) in [5.74, 6) is 0.746. The van der Waals surface area contributed by atoms with Crippen molar-refractivity contribution in [3.8, 4) is 0 Å². The first kappa shape index (κ1) is 8.70. The standard InChI is InChI=1S/C11H15NO/c1-7-10(9-3-4-9)5-6-11(12-7)8(2)13/h5-6,8-9,13H,3-4H2,1-2H3. The van der Waals surface area contributed by atoms with Crippen molar-refractivity contribution in [2.24, 2.45) is 0 Å². The van der Waals surface area contributed by atoms with Gasteiger partial charge in [-0.1, -0.05) is 6.07 Å². The van der Waals surface area contributed by atoms with Crippen molar-refractivity contribution in [3.05, 3.63) is 29.1 Å². The summed E-state index contributed by atoms with van der Waals surface area (Å²) in [4.78, 5) is 4.38. The Morgan fingerprint density at radius 3 is 2.62 bits per heavy atom. The Hall–Kier alpha value is -0.890. The maximum Gasteiger partial charge on any atom is 0.0931 e. The molecule has 0 saturated heterocycles. The van der Waals surface area contributed by atoms with E-state index in [0.29, 0.717) is 0 Å². The minimum Gasteiger partial charge on any atom is -0.387 e. The zero-order chi connectivity index (χ0) is 9.42. The lowest BCUT2D eigenvalue weighted by Gasteiger charge is -2.08. The highest BCUT2D eigenvalue weighted by Gasteiger charge is 2.25. The third kappa shape index (κ3) is 1.73. The van der Waals surface area contributed by atoms with Crippen LogP contribution in [-0.4, -0.2) is 10.1 Å². The molecule has 1 aliphatic rings. The molecule has 1 aliphatic carbocycles. The first-order chi connectivity index (χ1) is 6.18. The van der Waals surface area contributed by atoms with Crippen molar-refractivity contribution in [1.82, 2.24) is 4.98 Å². The van der Waals surface area contributed by atoms with E-state index in [1.54, 1.807) is 6.92 Å². The lowest BCUT2D eigenvalue weighted by Crippen LogP contribution is -1.99. The van der Waals surface area contributed by atoms with Crippen LogP contribution in [0.2, 0.25) is 0 Å². The van der Waals surface area contributed by atoms with Gasteiger partial charge in [-0.3, -0.25) is 4.98 Å². The number of rotatable bonds is 2. The summed E-state index contributed by atoms with van der Waals surface area (Å²) in [7, 11) is 0. The lowest BCUT2D eigenvalue weighted by atomic mass is 10.1. The predicted octanol–water partition coefficient (Wildman–Crippen LogP) is 2.32. The Balaban J connectivity index is 2.31. The zero-order valence-electron chi connectivity index (χ0n) is 8.12. The minimum absolute atomic E-state index is 0.452. The zero-order valence-corrected chi connectivity index (χ0v) is 8.12. The average molecular weight is 177 g/mol. The molecule has 0 aromatic carbocycles. The van der Waals surface area contributed by atoms with E-state index in [1.807, 2.05) is 13.0 Å². The molecule has 0 spiro atoms. The summed E-state index contributed by atoms with van der Waals surface area (Å²) < 4.78 is 0. The van der Waals surface area contributed by atoms with Gasteiger partial charge in [0.2, 0.25) is 0 Å². The largest absolute Gasteiger partial charge is 0.387 e. The van der Waals surface area contributed by atoms with Crippen LogP contribution >= 0.6 is 0 Å². The summed E-state index contributed by atoms with van der Waals surface area (Å²) in [6.45, 7) is 3.78. The Morgan fingerprint density at radius 1 is 1.46 bits per heavy atom. The van der Waals surface area contributed by atoms with Gasteiger partial charge in [-0.25, -0.2) is 0 Å². The van der Waals surface area contributed by atoms with Crippen LogP contribution in [0, 0.1) is 6.92 Å². The van der Waals surface area contributed by atoms with E-state index in [-0.39, 0.29) is 0 Å². The van der Waals surface area contributed by atoms with E-state index < -0.39 is 6.10 Å². The number of hydrogen-bond acceptors (Lipinski definition) is 2. The van der Waals surface area contributed by atoms with Gasteiger partial charge in [0, 0.05) is 5.69 Å². The fraction of sp³-hybridized carbons (Fsp3) is 0.545. The van der Waals surface area contributed by atoms with Crippen LogP contribution < -0.4 is 0 Å². The van der Waals surface area contributed by atoms with Crippen LogP contribution in [0.3, 0.4) is 0 Å². The molecule has 1 heterocycles. The van der Waals surface area contributed by atoms with Crippen LogP contribution in [0.15, 0.2) is 12.1 Å². The van der Waals surface area contributed by atoms with Gasteiger partial charge in [0.15, 0.2) is 0 Å². The fourth-order valence-electron chi connectivity index (χ4n) is 1.65. The molecule has 0 radical (unpaired) electrons. The summed E-state index contributed by atoms with van der Waals surface area (Å²) in [6.07, 6.45) is 2.15. The molecule has 1 saturated carbocycles. The smallest absolute Gasteiger partial charge is 0.0931 e. The van der Waals surface area contributed by atoms with Gasteiger partial charge in [0.25, 0.3) is 0 Å². The van der Waals surface area contributed by atoms with E-state index in [9.17, 15) is 5.11 Å². The van der Waals surface area contributed by atoms with E-state index in [1.165, 1.54) is 18.4 Å². The Kier molecular flexibility index (Phi) is 2.08. The van der Waals surface area contributed by atoms with E-state index >= 15 is 0 Å². The number of aliphatic hydroxyl groups excluding tert-OH is 1. The highest BCUT2D eigenvalue weighted by molar-refractivity contribution is 5.29. The molecule has 1 aromatic heterocycles. The maximum atomic E-state index is 9.33.